The van der Waals surface area contributed by atoms with Crippen LogP contribution in [0.2, 0.25) is 0 Å². The van der Waals surface area contributed by atoms with Crippen LogP contribution in [0.5, 0.6) is 0 Å². The van der Waals surface area contributed by atoms with Crippen molar-refractivity contribution in [2.75, 3.05) is 18.5 Å². The van der Waals surface area contributed by atoms with E-state index in [-0.39, 0.29) is 0 Å². The molecule has 0 aliphatic rings. The number of fused-ring (bicyclic) bond motifs is 7. The van der Waals surface area contributed by atoms with Crippen LogP contribution in [0.4, 0.5) is 5.69 Å². The van der Waals surface area contributed by atoms with Crippen LogP contribution in [0.3, 0.4) is 0 Å². The lowest BCUT2D eigenvalue weighted by atomic mass is 9.95. The Labute approximate surface area is 220 Å². The SMILES string of the molecule is C=CC(=O)OCCNc1ccccc1CCc1cc2ccccc2c2c1sc1ccc3ccccc3c12. The lowest BCUT2D eigenvalue weighted by Crippen LogP contribution is -2.13. The zero-order valence-electron chi connectivity index (χ0n) is 20.5. The van der Waals surface area contributed by atoms with Crippen molar-refractivity contribution in [3.8, 4) is 0 Å². The van der Waals surface area contributed by atoms with Crippen LogP contribution in [0.1, 0.15) is 11.1 Å². The molecule has 0 fully saturated rings. The summed E-state index contributed by atoms with van der Waals surface area (Å²) in [4.78, 5) is 11.3. The van der Waals surface area contributed by atoms with Gasteiger partial charge in [-0.05, 0) is 63.7 Å². The molecule has 0 atom stereocenters. The Morgan fingerprint density at radius 1 is 0.811 bits per heavy atom. The predicted octanol–water partition coefficient (Wildman–Crippen LogP) is 8.29. The highest BCUT2D eigenvalue weighted by molar-refractivity contribution is 7.26. The van der Waals surface area contributed by atoms with Crippen molar-refractivity contribution in [1.82, 2.24) is 0 Å². The van der Waals surface area contributed by atoms with Gasteiger partial charge in [-0.3, -0.25) is 0 Å². The number of benzene rings is 5. The van der Waals surface area contributed by atoms with Crippen molar-refractivity contribution < 1.29 is 9.53 Å². The summed E-state index contributed by atoms with van der Waals surface area (Å²) in [5, 5.41) is 11.4. The first kappa shape index (κ1) is 23.3. The topological polar surface area (TPSA) is 38.3 Å². The summed E-state index contributed by atoms with van der Waals surface area (Å²) in [7, 11) is 0. The zero-order chi connectivity index (χ0) is 25.2. The Bertz CT molecular complexity index is 1780. The van der Waals surface area contributed by atoms with Gasteiger partial charge in [0.2, 0.25) is 0 Å². The molecular weight excluding hydrogens is 474 g/mol. The number of esters is 1. The third kappa shape index (κ3) is 4.45. The first-order valence-corrected chi connectivity index (χ1v) is 13.4. The number of aryl methyl sites for hydroxylation is 2. The highest BCUT2D eigenvalue weighted by atomic mass is 32.1. The molecule has 0 saturated carbocycles. The fraction of sp³-hybridized carbons (Fsp3) is 0.121. The summed E-state index contributed by atoms with van der Waals surface area (Å²) in [6.07, 6.45) is 3.04. The average Bonchev–Trinajstić information content (AvgIpc) is 3.35. The van der Waals surface area contributed by atoms with Crippen molar-refractivity contribution in [2.45, 2.75) is 12.8 Å². The summed E-state index contributed by atoms with van der Waals surface area (Å²) >= 11 is 1.91. The molecule has 37 heavy (non-hydrogen) atoms. The van der Waals surface area contributed by atoms with Crippen molar-refractivity contribution in [1.29, 1.82) is 0 Å². The quantitative estimate of drug-likeness (QED) is 0.130. The number of rotatable bonds is 8. The third-order valence-electron chi connectivity index (χ3n) is 6.94. The molecule has 5 aromatic carbocycles. The molecule has 0 spiro atoms. The Hall–Kier alpha value is -4.15. The number of nitrogens with one attached hydrogen (secondary N) is 1. The van der Waals surface area contributed by atoms with Crippen molar-refractivity contribution in [3.63, 3.8) is 0 Å². The molecular formula is C33H27NO2S. The van der Waals surface area contributed by atoms with Gasteiger partial charge in [-0.2, -0.15) is 0 Å². The fourth-order valence-corrected chi connectivity index (χ4v) is 6.49. The van der Waals surface area contributed by atoms with Crippen molar-refractivity contribution in [2.24, 2.45) is 0 Å². The highest BCUT2D eigenvalue weighted by Crippen LogP contribution is 2.44. The van der Waals surface area contributed by atoms with E-state index in [9.17, 15) is 4.79 Å². The Kier molecular flexibility index (Phi) is 6.33. The van der Waals surface area contributed by atoms with Crippen molar-refractivity contribution >= 4 is 64.7 Å². The molecule has 0 unspecified atom stereocenters. The predicted molar refractivity (Wildman–Crippen MR) is 158 cm³/mol. The van der Waals surface area contributed by atoms with Crippen LogP contribution in [0.25, 0.3) is 41.7 Å². The molecule has 0 radical (unpaired) electrons. The summed E-state index contributed by atoms with van der Waals surface area (Å²) < 4.78 is 7.83. The molecule has 1 N–H and O–H groups in total. The lowest BCUT2D eigenvalue weighted by Gasteiger charge is -2.13. The molecule has 0 bridgehead atoms. The van der Waals surface area contributed by atoms with Gasteiger partial charge in [0.05, 0.1) is 0 Å². The van der Waals surface area contributed by atoms with Crippen LogP contribution < -0.4 is 5.32 Å². The number of thiophene rings is 1. The van der Waals surface area contributed by atoms with E-state index in [1.165, 1.54) is 58.9 Å². The van der Waals surface area contributed by atoms with E-state index in [1.54, 1.807) is 0 Å². The average molecular weight is 502 g/mol. The van der Waals surface area contributed by atoms with E-state index < -0.39 is 5.97 Å². The smallest absolute Gasteiger partial charge is 0.330 e. The van der Waals surface area contributed by atoms with E-state index in [1.807, 2.05) is 17.4 Å². The molecule has 1 aromatic heterocycles. The number of hydrogen-bond acceptors (Lipinski definition) is 4. The number of carbonyl (C=O) groups is 1. The van der Waals surface area contributed by atoms with E-state index in [4.69, 9.17) is 4.74 Å². The summed E-state index contributed by atoms with van der Waals surface area (Å²) in [6.45, 7) is 4.30. The standard InChI is InChI=1S/C33H27NO2S/c1-2-30(35)36-20-19-34-28-14-8-5-10-23(28)15-16-25-21-24-11-4-7-13-27(24)32-31-26-12-6-3-9-22(26)17-18-29(31)37-33(25)32/h2-14,17-18,21,34H,1,15-16,19-20H2. The van der Waals surface area contributed by atoms with Gasteiger partial charge < -0.3 is 10.1 Å². The van der Waals surface area contributed by atoms with E-state index >= 15 is 0 Å². The fourth-order valence-electron chi connectivity index (χ4n) is 5.22. The number of ether oxygens (including phenoxy) is 1. The monoisotopic (exact) mass is 501 g/mol. The summed E-state index contributed by atoms with van der Waals surface area (Å²) in [6, 6.07) is 32.7. The van der Waals surface area contributed by atoms with Gasteiger partial charge in [-0.15, -0.1) is 11.3 Å². The normalized spacial score (nSPS) is 11.4. The van der Waals surface area contributed by atoms with Crippen LogP contribution in [-0.4, -0.2) is 19.1 Å². The second-order valence-corrected chi connectivity index (χ2v) is 10.2. The minimum Gasteiger partial charge on any atom is -0.461 e. The number of carbonyl (C=O) groups excluding carboxylic acids is 1. The maximum Gasteiger partial charge on any atom is 0.330 e. The molecule has 0 aliphatic heterocycles. The molecule has 6 aromatic rings. The highest BCUT2D eigenvalue weighted by Gasteiger charge is 2.16. The molecule has 3 nitrogen and oxygen atoms in total. The van der Waals surface area contributed by atoms with Gasteiger partial charge in [0.25, 0.3) is 0 Å². The number of hydrogen-bond donors (Lipinski definition) is 1. The zero-order valence-corrected chi connectivity index (χ0v) is 21.3. The summed E-state index contributed by atoms with van der Waals surface area (Å²) in [5.41, 5.74) is 3.72. The van der Waals surface area contributed by atoms with Crippen LogP contribution in [0.15, 0.2) is 104 Å². The van der Waals surface area contributed by atoms with Gasteiger partial charge in [0.15, 0.2) is 0 Å². The second kappa shape index (κ2) is 10.1. The third-order valence-corrected chi connectivity index (χ3v) is 8.17. The maximum absolute atomic E-state index is 11.3. The van der Waals surface area contributed by atoms with Crippen LogP contribution in [-0.2, 0) is 22.4 Å². The van der Waals surface area contributed by atoms with E-state index in [2.05, 4.69) is 96.8 Å². The molecule has 6 rings (SSSR count). The largest absolute Gasteiger partial charge is 0.461 e. The number of anilines is 1. The van der Waals surface area contributed by atoms with Gasteiger partial charge in [0.1, 0.15) is 6.61 Å². The van der Waals surface area contributed by atoms with E-state index in [0.29, 0.717) is 13.2 Å². The van der Waals surface area contributed by atoms with Gasteiger partial charge >= 0.3 is 5.97 Å². The molecule has 0 saturated heterocycles. The first-order valence-electron chi connectivity index (χ1n) is 12.6. The first-order chi connectivity index (χ1) is 18.2. The van der Waals surface area contributed by atoms with Gasteiger partial charge in [-0.1, -0.05) is 79.4 Å². The Morgan fingerprint density at radius 3 is 2.35 bits per heavy atom. The van der Waals surface area contributed by atoms with Gasteiger partial charge in [-0.25, -0.2) is 4.79 Å². The molecule has 4 heteroatoms. The molecule has 0 amide bonds. The molecule has 1 heterocycles. The minimum atomic E-state index is -0.397. The van der Waals surface area contributed by atoms with E-state index in [0.717, 1.165) is 18.5 Å². The summed E-state index contributed by atoms with van der Waals surface area (Å²) in [5.74, 6) is -0.397. The van der Waals surface area contributed by atoms with Crippen LogP contribution in [0, 0.1) is 0 Å². The number of para-hydroxylation sites is 1. The van der Waals surface area contributed by atoms with Crippen molar-refractivity contribution in [3.05, 3.63) is 115 Å². The Balaban J connectivity index is 1.38. The second-order valence-electron chi connectivity index (χ2n) is 9.18. The van der Waals surface area contributed by atoms with Crippen LogP contribution >= 0.6 is 11.3 Å². The maximum atomic E-state index is 11.3. The van der Waals surface area contributed by atoms with Gasteiger partial charge in [0, 0.05) is 38.5 Å². The lowest BCUT2D eigenvalue weighted by molar-refractivity contribution is -0.137. The Morgan fingerprint density at radius 2 is 1.51 bits per heavy atom. The molecule has 0 aliphatic carbocycles. The molecule has 182 valence electrons. The minimum absolute atomic E-state index is 0.306.